The van der Waals surface area contributed by atoms with E-state index in [0.717, 1.165) is 30.5 Å². The zero-order valence-corrected chi connectivity index (χ0v) is 20.1. The highest BCUT2D eigenvalue weighted by Crippen LogP contribution is 2.45. The third-order valence-electron chi connectivity index (χ3n) is 6.88. The number of fused-ring (bicyclic) bond motifs is 4. The highest BCUT2D eigenvalue weighted by Gasteiger charge is 2.43. The summed E-state index contributed by atoms with van der Waals surface area (Å²) >= 11 is 0. The second kappa shape index (κ2) is 9.00. The molecule has 2 amide bonds. The molecule has 0 unspecified atom stereocenters. The van der Waals surface area contributed by atoms with Crippen molar-refractivity contribution in [3.63, 3.8) is 0 Å². The van der Waals surface area contributed by atoms with Crippen LogP contribution in [0.5, 0.6) is 5.75 Å². The number of anilines is 1. The number of nitrogens with one attached hydrogen (secondary N) is 1. The summed E-state index contributed by atoms with van der Waals surface area (Å²) in [6.07, 6.45) is 2.79. The van der Waals surface area contributed by atoms with Gasteiger partial charge in [-0.25, -0.2) is 13.2 Å². The Hall–Kier alpha value is -3.82. The van der Waals surface area contributed by atoms with Gasteiger partial charge in [-0.05, 0) is 49.9 Å². The maximum Gasteiger partial charge on any atom is 0.254 e. The van der Waals surface area contributed by atoms with Gasteiger partial charge in [0.05, 0.1) is 24.5 Å². The van der Waals surface area contributed by atoms with Crippen LogP contribution in [0, 0.1) is 17.5 Å². The van der Waals surface area contributed by atoms with E-state index in [1.807, 2.05) is 4.90 Å². The summed E-state index contributed by atoms with van der Waals surface area (Å²) < 4.78 is 48.5. The molecule has 7 nitrogen and oxygen atoms in total. The van der Waals surface area contributed by atoms with Gasteiger partial charge in [0, 0.05) is 48.5 Å². The number of methoxy groups -OCH3 is 1. The molecule has 3 heterocycles. The van der Waals surface area contributed by atoms with Crippen molar-refractivity contribution >= 4 is 17.5 Å². The molecule has 2 aromatic carbocycles. The molecule has 10 heteroatoms. The summed E-state index contributed by atoms with van der Waals surface area (Å²) in [4.78, 5) is 27.2. The number of carbonyl (C=O) groups is 2. The predicted octanol–water partition coefficient (Wildman–Crippen LogP) is 4.76. The molecule has 2 bridgehead atoms. The first-order chi connectivity index (χ1) is 17.2. The molecule has 0 saturated carbocycles. The monoisotopic (exact) mass is 498 g/mol. The van der Waals surface area contributed by atoms with Crippen molar-refractivity contribution in [3.05, 3.63) is 64.6 Å². The standard InChI is InChI=1S/C26H25F3N4O3/c1-13(34)30-16-7-15(8-18(11-16)36-3)26(35)33-17-5-4-6-22(33)24-19(12-17)25(32(2)31-24)14-9-20(27)23(29)21(28)10-14/h7-11,17,22H,4-6,12H2,1-3H3,(H,30,34)/t17-,22+/m0/s1. The van der Waals surface area contributed by atoms with Crippen LogP contribution < -0.4 is 10.1 Å². The van der Waals surface area contributed by atoms with E-state index in [0.29, 0.717) is 41.2 Å². The fourth-order valence-corrected chi connectivity index (χ4v) is 5.47. The Balaban J connectivity index is 1.56. The van der Waals surface area contributed by atoms with Crippen molar-refractivity contribution in [2.24, 2.45) is 7.05 Å². The molecule has 36 heavy (non-hydrogen) atoms. The third-order valence-corrected chi connectivity index (χ3v) is 6.88. The largest absolute Gasteiger partial charge is 0.497 e. The molecule has 1 aromatic heterocycles. The summed E-state index contributed by atoms with van der Waals surface area (Å²) in [6, 6.07) is 6.35. The van der Waals surface area contributed by atoms with Crippen molar-refractivity contribution < 1.29 is 27.5 Å². The van der Waals surface area contributed by atoms with Gasteiger partial charge < -0.3 is 15.0 Å². The maximum atomic E-state index is 14.0. The molecule has 1 fully saturated rings. The van der Waals surface area contributed by atoms with Crippen LogP contribution in [0.1, 0.15) is 53.8 Å². The first kappa shape index (κ1) is 23.9. The van der Waals surface area contributed by atoms with E-state index >= 15 is 0 Å². The number of rotatable bonds is 4. The fourth-order valence-electron chi connectivity index (χ4n) is 5.47. The molecule has 0 radical (unpaired) electrons. The Bertz CT molecular complexity index is 1360. The molecule has 2 aliphatic rings. The number of nitrogens with zero attached hydrogens (tertiary/aromatic N) is 3. The Morgan fingerprint density at radius 1 is 1.08 bits per heavy atom. The number of hydrogen-bond acceptors (Lipinski definition) is 4. The molecule has 1 N–H and O–H groups in total. The number of benzene rings is 2. The molecule has 2 atom stereocenters. The average molecular weight is 499 g/mol. The maximum absolute atomic E-state index is 14.0. The number of hydrogen-bond donors (Lipinski definition) is 1. The van der Waals surface area contributed by atoms with Crippen molar-refractivity contribution in [2.75, 3.05) is 12.4 Å². The molecular formula is C26H25F3N4O3. The quantitative estimate of drug-likeness (QED) is 0.526. The zero-order chi connectivity index (χ0) is 25.7. The summed E-state index contributed by atoms with van der Waals surface area (Å²) in [7, 11) is 3.16. The first-order valence-corrected chi connectivity index (χ1v) is 11.7. The van der Waals surface area contributed by atoms with Crippen molar-refractivity contribution in [3.8, 4) is 17.0 Å². The lowest BCUT2D eigenvalue weighted by Gasteiger charge is -2.45. The topological polar surface area (TPSA) is 76.5 Å². The second-order valence-electron chi connectivity index (χ2n) is 9.24. The summed E-state index contributed by atoms with van der Waals surface area (Å²) in [5.41, 5.74) is 3.03. The number of amides is 2. The van der Waals surface area contributed by atoms with Crippen LogP contribution >= 0.6 is 0 Å². The van der Waals surface area contributed by atoms with Gasteiger partial charge in [0.1, 0.15) is 5.75 Å². The number of piperidine rings is 1. The number of aromatic nitrogens is 2. The van der Waals surface area contributed by atoms with E-state index < -0.39 is 17.5 Å². The smallest absolute Gasteiger partial charge is 0.254 e. The van der Waals surface area contributed by atoms with Crippen molar-refractivity contribution in [1.82, 2.24) is 14.7 Å². The SMILES string of the molecule is COc1cc(NC(C)=O)cc(C(=O)N2[C@H]3CCC[C@@H]2c2nn(C)c(-c4cc(F)c(F)c(F)c4)c2C3)c1. The van der Waals surface area contributed by atoms with E-state index in [1.54, 1.807) is 29.9 Å². The van der Waals surface area contributed by atoms with Crippen LogP contribution in [0.25, 0.3) is 11.3 Å². The minimum Gasteiger partial charge on any atom is -0.497 e. The van der Waals surface area contributed by atoms with Gasteiger partial charge in [-0.1, -0.05) is 0 Å². The summed E-state index contributed by atoms with van der Waals surface area (Å²) in [6.45, 7) is 1.38. The van der Waals surface area contributed by atoms with Gasteiger partial charge in [0.25, 0.3) is 5.91 Å². The Morgan fingerprint density at radius 3 is 2.47 bits per heavy atom. The van der Waals surface area contributed by atoms with Gasteiger partial charge >= 0.3 is 0 Å². The normalized spacial score (nSPS) is 18.6. The number of halogens is 3. The number of ether oxygens (including phenoxy) is 1. The third kappa shape index (κ3) is 4.00. The Labute approximate surface area is 205 Å². The van der Waals surface area contributed by atoms with Gasteiger partial charge in [-0.3, -0.25) is 14.3 Å². The number of aryl methyl sites for hydroxylation is 1. The van der Waals surface area contributed by atoms with Crippen LogP contribution in [0.4, 0.5) is 18.9 Å². The summed E-state index contributed by atoms with van der Waals surface area (Å²) in [5, 5.41) is 7.34. The minimum absolute atomic E-state index is 0.155. The summed E-state index contributed by atoms with van der Waals surface area (Å²) in [5.74, 6) is -4.09. The fraction of sp³-hybridized carbons (Fsp3) is 0.346. The second-order valence-corrected chi connectivity index (χ2v) is 9.24. The van der Waals surface area contributed by atoms with E-state index in [-0.39, 0.29) is 29.5 Å². The Kier molecular flexibility index (Phi) is 5.97. The first-order valence-electron chi connectivity index (χ1n) is 11.7. The van der Waals surface area contributed by atoms with Gasteiger partial charge in [-0.15, -0.1) is 0 Å². The number of carbonyl (C=O) groups excluding carboxylic acids is 2. The van der Waals surface area contributed by atoms with Crippen LogP contribution in [0.3, 0.4) is 0 Å². The molecule has 1 saturated heterocycles. The molecule has 2 aliphatic heterocycles. The Morgan fingerprint density at radius 2 is 1.81 bits per heavy atom. The lowest BCUT2D eigenvalue weighted by molar-refractivity contribution is -0.114. The van der Waals surface area contributed by atoms with Crippen molar-refractivity contribution in [2.45, 2.75) is 44.7 Å². The van der Waals surface area contributed by atoms with E-state index in [1.165, 1.54) is 14.0 Å². The van der Waals surface area contributed by atoms with Crippen LogP contribution in [-0.4, -0.2) is 39.6 Å². The van der Waals surface area contributed by atoms with Gasteiger partial charge in [0.2, 0.25) is 5.91 Å². The molecule has 0 aliphatic carbocycles. The lowest BCUT2D eigenvalue weighted by Crippen LogP contribution is -2.49. The molecule has 5 rings (SSSR count). The van der Waals surface area contributed by atoms with E-state index in [9.17, 15) is 22.8 Å². The average Bonchev–Trinajstić information content (AvgIpc) is 3.16. The van der Waals surface area contributed by atoms with E-state index in [2.05, 4.69) is 10.4 Å². The predicted molar refractivity (Wildman–Crippen MR) is 126 cm³/mol. The van der Waals surface area contributed by atoms with Gasteiger partial charge in [-0.2, -0.15) is 5.10 Å². The highest BCUT2D eigenvalue weighted by molar-refractivity contribution is 5.98. The highest BCUT2D eigenvalue weighted by atomic mass is 19.2. The minimum atomic E-state index is -1.51. The molecular weight excluding hydrogens is 473 g/mol. The molecule has 188 valence electrons. The molecule has 0 spiro atoms. The van der Waals surface area contributed by atoms with Crippen molar-refractivity contribution in [1.29, 1.82) is 0 Å². The van der Waals surface area contributed by atoms with Crippen LogP contribution in [-0.2, 0) is 18.3 Å². The van der Waals surface area contributed by atoms with Crippen LogP contribution in [0.2, 0.25) is 0 Å². The lowest BCUT2D eigenvalue weighted by atomic mass is 9.81. The van der Waals surface area contributed by atoms with Gasteiger partial charge in [0.15, 0.2) is 17.5 Å². The van der Waals surface area contributed by atoms with Crippen LogP contribution in [0.15, 0.2) is 30.3 Å². The van der Waals surface area contributed by atoms with E-state index in [4.69, 9.17) is 4.74 Å². The molecule has 3 aromatic rings. The zero-order valence-electron chi connectivity index (χ0n) is 20.1.